The molecule has 0 aliphatic carbocycles. The van der Waals surface area contributed by atoms with Crippen LogP contribution in [0, 0.1) is 0 Å². The lowest BCUT2D eigenvalue weighted by molar-refractivity contribution is -0.140. The summed E-state index contributed by atoms with van der Waals surface area (Å²) >= 11 is 0. The van der Waals surface area contributed by atoms with Crippen molar-refractivity contribution in [3.63, 3.8) is 0 Å². The second kappa shape index (κ2) is 24.8. The van der Waals surface area contributed by atoms with E-state index in [1.54, 1.807) is 18.2 Å². The standard InChI is InChI=1S/C33H55NO8S/c1-5-6-7-8-9-10-11-12-13-14-15-16-17-18-19-20-21-42-29-22-28(23-30(24-29)43(38)27-33(37)41-4)34(25-31(35)39-2)26-32(36)40-3/h22-24H,5-21,25-27H2,1-4H3. The van der Waals surface area contributed by atoms with E-state index in [4.69, 9.17) is 14.2 Å². The van der Waals surface area contributed by atoms with Crippen LogP contribution in [0.1, 0.15) is 110 Å². The molecule has 0 N–H and O–H groups in total. The van der Waals surface area contributed by atoms with E-state index in [1.807, 2.05) is 0 Å². The van der Waals surface area contributed by atoms with Crippen LogP contribution in [-0.4, -0.2) is 68.9 Å². The number of carbonyl (C=O) groups excluding carboxylic acids is 3. The maximum absolute atomic E-state index is 12.9. The average molecular weight is 626 g/mol. The van der Waals surface area contributed by atoms with Gasteiger partial charge >= 0.3 is 17.9 Å². The highest BCUT2D eigenvalue weighted by Gasteiger charge is 2.20. The fraction of sp³-hybridized carbons (Fsp3) is 0.727. The summed E-state index contributed by atoms with van der Waals surface area (Å²) < 4.78 is 33.1. The molecule has 0 aliphatic rings. The van der Waals surface area contributed by atoms with Gasteiger partial charge in [0.25, 0.3) is 0 Å². The molecular formula is C33H55NO8S. The van der Waals surface area contributed by atoms with Gasteiger partial charge in [-0.15, -0.1) is 0 Å². The number of carbonyl (C=O) groups is 3. The van der Waals surface area contributed by atoms with E-state index in [0.29, 0.717) is 22.9 Å². The van der Waals surface area contributed by atoms with Crippen molar-refractivity contribution in [3.05, 3.63) is 18.2 Å². The first-order chi connectivity index (χ1) is 20.8. The Morgan fingerprint density at radius 2 is 1.07 bits per heavy atom. The molecule has 1 atom stereocenters. The molecule has 1 rings (SSSR count). The maximum atomic E-state index is 12.9. The zero-order valence-corrected chi connectivity index (χ0v) is 27.8. The van der Waals surface area contributed by atoms with Crippen LogP contribution in [0.2, 0.25) is 0 Å². The molecule has 0 amide bonds. The van der Waals surface area contributed by atoms with Crippen molar-refractivity contribution in [2.75, 3.05) is 51.7 Å². The van der Waals surface area contributed by atoms with Crippen LogP contribution >= 0.6 is 0 Å². The van der Waals surface area contributed by atoms with Gasteiger partial charge < -0.3 is 23.8 Å². The molecule has 0 saturated carbocycles. The Hall–Kier alpha value is -2.62. The number of hydrogen-bond donors (Lipinski definition) is 0. The summed E-state index contributed by atoms with van der Waals surface area (Å²) in [5.74, 6) is -1.61. The molecule has 0 aromatic heterocycles. The van der Waals surface area contributed by atoms with E-state index in [9.17, 15) is 18.6 Å². The molecule has 0 aliphatic heterocycles. The Bertz CT molecular complexity index is 937. The quantitative estimate of drug-likeness (QED) is 0.0627. The lowest BCUT2D eigenvalue weighted by atomic mass is 10.0. The molecule has 0 spiro atoms. The molecule has 43 heavy (non-hydrogen) atoms. The first-order valence-corrected chi connectivity index (χ1v) is 17.3. The molecule has 1 unspecified atom stereocenters. The van der Waals surface area contributed by atoms with Crippen LogP contribution in [0.5, 0.6) is 5.75 Å². The second-order valence-electron chi connectivity index (χ2n) is 10.9. The molecule has 0 fully saturated rings. The molecule has 1 aromatic carbocycles. The van der Waals surface area contributed by atoms with Gasteiger partial charge in [-0.3, -0.25) is 18.6 Å². The van der Waals surface area contributed by atoms with E-state index in [2.05, 4.69) is 11.7 Å². The number of benzene rings is 1. The predicted octanol–water partition coefficient (Wildman–Crippen LogP) is 6.76. The number of rotatable bonds is 26. The highest BCUT2D eigenvalue weighted by molar-refractivity contribution is 7.85. The number of anilines is 1. The van der Waals surface area contributed by atoms with E-state index in [-0.39, 0.29) is 18.8 Å². The fourth-order valence-electron chi connectivity index (χ4n) is 4.72. The molecule has 1 aromatic rings. The molecular weight excluding hydrogens is 570 g/mol. The van der Waals surface area contributed by atoms with Gasteiger partial charge in [-0.25, -0.2) is 0 Å². The minimum Gasteiger partial charge on any atom is -0.493 e. The average Bonchev–Trinajstić information content (AvgIpc) is 3.01. The van der Waals surface area contributed by atoms with Gasteiger partial charge in [0.05, 0.1) is 38.7 Å². The largest absolute Gasteiger partial charge is 0.493 e. The Morgan fingerprint density at radius 1 is 0.628 bits per heavy atom. The predicted molar refractivity (Wildman–Crippen MR) is 171 cm³/mol. The fourth-order valence-corrected chi connectivity index (χ4v) is 5.72. The van der Waals surface area contributed by atoms with Gasteiger partial charge in [0.2, 0.25) is 0 Å². The molecule has 0 bridgehead atoms. The van der Waals surface area contributed by atoms with Crippen molar-refractivity contribution in [2.24, 2.45) is 0 Å². The third-order valence-electron chi connectivity index (χ3n) is 7.33. The summed E-state index contributed by atoms with van der Waals surface area (Å²) in [6.45, 7) is 2.28. The summed E-state index contributed by atoms with van der Waals surface area (Å²) in [4.78, 5) is 37.6. The summed E-state index contributed by atoms with van der Waals surface area (Å²) in [6.07, 6.45) is 20.6. The van der Waals surface area contributed by atoms with Crippen LogP contribution in [0.25, 0.3) is 0 Å². The van der Waals surface area contributed by atoms with Gasteiger partial charge in [0, 0.05) is 16.6 Å². The van der Waals surface area contributed by atoms with Crippen molar-refractivity contribution in [2.45, 2.75) is 115 Å². The lowest BCUT2D eigenvalue weighted by Crippen LogP contribution is -2.35. The first kappa shape index (κ1) is 38.4. The number of ether oxygens (including phenoxy) is 4. The zero-order valence-electron chi connectivity index (χ0n) is 27.0. The van der Waals surface area contributed by atoms with E-state index in [1.165, 1.54) is 110 Å². The Labute approximate surface area is 261 Å². The lowest BCUT2D eigenvalue weighted by Gasteiger charge is -2.23. The Balaban J connectivity index is 2.52. The van der Waals surface area contributed by atoms with Crippen LogP contribution in [0.4, 0.5) is 5.69 Å². The van der Waals surface area contributed by atoms with Crippen molar-refractivity contribution in [3.8, 4) is 5.75 Å². The third kappa shape index (κ3) is 18.6. The normalized spacial score (nSPS) is 11.5. The minimum atomic E-state index is -1.71. The van der Waals surface area contributed by atoms with Crippen molar-refractivity contribution in [1.82, 2.24) is 0 Å². The second-order valence-corrected chi connectivity index (χ2v) is 12.3. The number of unbranched alkanes of at least 4 members (excludes halogenated alkanes) is 15. The number of nitrogens with zero attached hydrogens (tertiary/aromatic N) is 1. The molecule has 10 heteroatoms. The summed E-state index contributed by atoms with van der Waals surface area (Å²) in [6, 6.07) is 4.85. The monoisotopic (exact) mass is 625 g/mol. The highest BCUT2D eigenvalue weighted by Crippen LogP contribution is 2.27. The Kier molecular flexibility index (Phi) is 22.1. The van der Waals surface area contributed by atoms with E-state index in [0.717, 1.165) is 19.3 Å². The molecule has 9 nitrogen and oxygen atoms in total. The van der Waals surface area contributed by atoms with Crippen LogP contribution < -0.4 is 9.64 Å². The minimum absolute atomic E-state index is 0.225. The van der Waals surface area contributed by atoms with Gasteiger partial charge in [-0.05, 0) is 18.6 Å². The first-order valence-electron chi connectivity index (χ1n) is 16.0. The van der Waals surface area contributed by atoms with Gasteiger partial charge in [0.15, 0.2) is 0 Å². The summed E-state index contributed by atoms with van der Waals surface area (Å²) in [7, 11) is 2.03. The van der Waals surface area contributed by atoms with Crippen LogP contribution in [0.15, 0.2) is 23.1 Å². The van der Waals surface area contributed by atoms with Crippen molar-refractivity contribution in [1.29, 1.82) is 0 Å². The zero-order chi connectivity index (χ0) is 31.7. The Morgan fingerprint density at radius 3 is 1.51 bits per heavy atom. The SMILES string of the molecule is CCCCCCCCCCCCCCCCCCOc1cc(N(CC(=O)OC)CC(=O)OC)cc(S(=O)CC(=O)OC)c1. The maximum Gasteiger partial charge on any atom is 0.325 e. The van der Waals surface area contributed by atoms with E-state index < -0.39 is 28.7 Å². The molecule has 0 heterocycles. The molecule has 246 valence electrons. The van der Waals surface area contributed by atoms with Gasteiger partial charge in [-0.2, -0.15) is 0 Å². The highest BCUT2D eigenvalue weighted by atomic mass is 32.2. The molecule has 0 saturated heterocycles. The number of esters is 3. The number of hydrogen-bond acceptors (Lipinski definition) is 9. The smallest absolute Gasteiger partial charge is 0.325 e. The van der Waals surface area contributed by atoms with Crippen molar-refractivity contribution >= 4 is 34.4 Å². The van der Waals surface area contributed by atoms with Gasteiger partial charge in [0.1, 0.15) is 24.6 Å². The third-order valence-corrected chi connectivity index (χ3v) is 8.59. The summed E-state index contributed by atoms with van der Waals surface area (Å²) in [5, 5.41) is 0. The van der Waals surface area contributed by atoms with Crippen LogP contribution in [-0.2, 0) is 39.4 Å². The van der Waals surface area contributed by atoms with Crippen LogP contribution in [0.3, 0.4) is 0 Å². The van der Waals surface area contributed by atoms with Crippen molar-refractivity contribution < 1.29 is 37.5 Å². The molecule has 0 radical (unpaired) electrons. The summed E-state index contributed by atoms with van der Waals surface area (Å²) in [5.41, 5.74) is 0.425. The van der Waals surface area contributed by atoms with Gasteiger partial charge in [-0.1, -0.05) is 103 Å². The topological polar surface area (TPSA) is 108 Å². The van der Waals surface area contributed by atoms with E-state index >= 15 is 0 Å². The number of methoxy groups -OCH3 is 3.